The molecule has 1 amide bonds. The number of amides is 1. The van der Waals surface area contributed by atoms with E-state index in [0.29, 0.717) is 17.8 Å². The first-order valence-electron chi connectivity index (χ1n) is 10.3. The Bertz CT molecular complexity index is 1170. The SMILES string of the molecule is CS(=O)(=O)Nc1ccccc1CC(=O)NC1CCCc2c1cnn2Cc1ccccc1. The number of hydrogen-bond donors (Lipinski definition) is 2. The lowest BCUT2D eigenvalue weighted by molar-refractivity contribution is -0.121. The number of sulfonamides is 1. The van der Waals surface area contributed by atoms with E-state index in [2.05, 4.69) is 27.3 Å². The van der Waals surface area contributed by atoms with Crippen LogP contribution < -0.4 is 10.0 Å². The molecule has 2 aromatic carbocycles. The number of hydrogen-bond acceptors (Lipinski definition) is 4. The molecule has 0 bridgehead atoms. The summed E-state index contributed by atoms with van der Waals surface area (Å²) in [5, 5.41) is 7.70. The minimum Gasteiger partial charge on any atom is -0.349 e. The topological polar surface area (TPSA) is 93.1 Å². The maximum Gasteiger partial charge on any atom is 0.229 e. The summed E-state index contributed by atoms with van der Waals surface area (Å²) in [5.41, 5.74) is 4.49. The molecule has 0 saturated carbocycles. The van der Waals surface area contributed by atoms with E-state index in [-0.39, 0.29) is 18.4 Å². The number of aromatic nitrogens is 2. The van der Waals surface area contributed by atoms with Gasteiger partial charge in [0.1, 0.15) is 0 Å². The predicted octanol–water partition coefficient (Wildman–Crippen LogP) is 3.04. The van der Waals surface area contributed by atoms with Crippen molar-refractivity contribution in [1.82, 2.24) is 15.1 Å². The van der Waals surface area contributed by atoms with Crippen molar-refractivity contribution < 1.29 is 13.2 Å². The Balaban J connectivity index is 1.46. The van der Waals surface area contributed by atoms with E-state index in [4.69, 9.17) is 0 Å². The minimum absolute atomic E-state index is 0.0872. The molecule has 0 spiro atoms. The standard InChI is InChI=1S/C23H26N4O3S/c1-31(29,30)26-20-11-6-5-10-18(20)14-23(28)25-21-12-7-13-22-19(21)15-24-27(22)16-17-8-3-2-4-9-17/h2-6,8-11,15,21,26H,7,12-14,16H2,1H3,(H,25,28). The van der Waals surface area contributed by atoms with E-state index in [9.17, 15) is 13.2 Å². The molecule has 1 aromatic heterocycles. The lowest BCUT2D eigenvalue weighted by Crippen LogP contribution is -2.32. The molecule has 0 aliphatic heterocycles. The Hall–Kier alpha value is -3.13. The second-order valence-electron chi connectivity index (χ2n) is 7.91. The van der Waals surface area contributed by atoms with Gasteiger partial charge >= 0.3 is 0 Å². The third-order valence-electron chi connectivity index (χ3n) is 5.44. The first-order chi connectivity index (χ1) is 14.9. The Labute approximate surface area is 182 Å². The Morgan fingerprint density at radius 2 is 1.87 bits per heavy atom. The number of carbonyl (C=O) groups excluding carboxylic acids is 1. The molecule has 3 aromatic rings. The Morgan fingerprint density at radius 3 is 2.65 bits per heavy atom. The second-order valence-corrected chi connectivity index (χ2v) is 9.66. The molecule has 0 saturated heterocycles. The first-order valence-corrected chi connectivity index (χ1v) is 12.2. The molecule has 8 heteroatoms. The molecule has 1 heterocycles. The van der Waals surface area contributed by atoms with E-state index in [1.807, 2.05) is 29.1 Å². The van der Waals surface area contributed by atoms with Gasteiger partial charge in [0.2, 0.25) is 15.9 Å². The van der Waals surface area contributed by atoms with Crippen LogP contribution in [0.1, 0.15) is 41.3 Å². The van der Waals surface area contributed by atoms with Crippen LogP contribution in [0.15, 0.2) is 60.8 Å². The van der Waals surface area contributed by atoms with E-state index < -0.39 is 10.0 Å². The van der Waals surface area contributed by atoms with Crippen molar-refractivity contribution in [3.05, 3.63) is 83.2 Å². The predicted molar refractivity (Wildman–Crippen MR) is 120 cm³/mol. The summed E-state index contributed by atoms with van der Waals surface area (Å²) in [6.45, 7) is 0.710. The average molecular weight is 439 g/mol. The van der Waals surface area contributed by atoms with Crippen molar-refractivity contribution in [2.45, 2.75) is 38.3 Å². The molecule has 1 unspecified atom stereocenters. The van der Waals surface area contributed by atoms with Crippen LogP contribution >= 0.6 is 0 Å². The van der Waals surface area contributed by atoms with Crippen LogP contribution in [0.4, 0.5) is 5.69 Å². The van der Waals surface area contributed by atoms with Crippen molar-refractivity contribution in [2.24, 2.45) is 0 Å². The van der Waals surface area contributed by atoms with E-state index in [0.717, 1.165) is 31.1 Å². The van der Waals surface area contributed by atoms with Crippen molar-refractivity contribution in [2.75, 3.05) is 11.0 Å². The van der Waals surface area contributed by atoms with Gasteiger partial charge in [-0.05, 0) is 36.5 Å². The molecule has 31 heavy (non-hydrogen) atoms. The van der Waals surface area contributed by atoms with Gasteiger partial charge in [-0.3, -0.25) is 14.2 Å². The van der Waals surface area contributed by atoms with Gasteiger partial charge in [-0.2, -0.15) is 5.10 Å². The molecule has 1 atom stereocenters. The number of fused-ring (bicyclic) bond motifs is 1. The van der Waals surface area contributed by atoms with Crippen LogP contribution in [0.3, 0.4) is 0 Å². The molecule has 4 rings (SSSR count). The van der Waals surface area contributed by atoms with Crippen LogP contribution in [0, 0.1) is 0 Å². The summed E-state index contributed by atoms with van der Waals surface area (Å²) < 4.78 is 27.7. The lowest BCUT2D eigenvalue weighted by Gasteiger charge is -2.24. The zero-order valence-electron chi connectivity index (χ0n) is 17.4. The molecule has 7 nitrogen and oxygen atoms in total. The number of benzene rings is 2. The molecular weight excluding hydrogens is 412 g/mol. The lowest BCUT2D eigenvalue weighted by atomic mass is 9.92. The fourth-order valence-corrected chi connectivity index (χ4v) is 4.65. The van der Waals surface area contributed by atoms with Gasteiger partial charge in [0.15, 0.2) is 0 Å². The number of anilines is 1. The van der Waals surface area contributed by atoms with Gasteiger partial charge in [-0.25, -0.2) is 8.42 Å². The zero-order valence-corrected chi connectivity index (χ0v) is 18.2. The second kappa shape index (κ2) is 8.93. The fourth-order valence-electron chi connectivity index (χ4n) is 4.05. The van der Waals surface area contributed by atoms with Gasteiger partial charge in [0, 0.05) is 11.3 Å². The summed E-state index contributed by atoms with van der Waals surface area (Å²) in [6.07, 6.45) is 5.84. The summed E-state index contributed by atoms with van der Waals surface area (Å²) in [5.74, 6) is -0.142. The average Bonchev–Trinajstić information content (AvgIpc) is 3.13. The van der Waals surface area contributed by atoms with Gasteiger partial charge in [-0.1, -0.05) is 48.5 Å². The maximum atomic E-state index is 12.8. The highest BCUT2D eigenvalue weighted by Crippen LogP contribution is 2.30. The highest BCUT2D eigenvalue weighted by Gasteiger charge is 2.26. The Morgan fingerprint density at radius 1 is 1.13 bits per heavy atom. The summed E-state index contributed by atoms with van der Waals surface area (Å²) in [6, 6.07) is 17.1. The van der Waals surface area contributed by atoms with Crippen molar-refractivity contribution in [3.63, 3.8) is 0 Å². The number of nitrogens with one attached hydrogen (secondary N) is 2. The monoisotopic (exact) mass is 438 g/mol. The van der Waals surface area contributed by atoms with Crippen LogP contribution in [0.2, 0.25) is 0 Å². The molecule has 1 aliphatic rings. The van der Waals surface area contributed by atoms with Crippen LogP contribution in [0.5, 0.6) is 0 Å². The summed E-state index contributed by atoms with van der Waals surface area (Å²) >= 11 is 0. The number of rotatable bonds is 7. The molecule has 0 fully saturated rings. The summed E-state index contributed by atoms with van der Waals surface area (Å²) in [7, 11) is -3.42. The van der Waals surface area contributed by atoms with Crippen LogP contribution in [-0.4, -0.2) is 30.4 Å². The molecule has 1 aliphatic carbocycles. The summed E-state index contributed by atoms with van der Waals surface area (Å²) in [4.78, 5) is 12.8. The third kappa shape index (κ3) is 5.32. The highest BCUT2D eigenvalue weighted by molar-refractivity contribution is 7.92. The largest absolute Gasteiger partial charge is 0.349 e. The normalized spacial score (nSPS) is 15.8. The molecule has 0 radical (unpaired) electrons. The maximum absolute atomic E-state index is 12.8. The van der Waals surface area contributed by atoms with Gasteiger partial charge in [-0.15, -0.1) is 0 Å². The smallest absolute Gasteiger partial charge is 0.229 e. The fraction of sp³-hybridized carbons (Fsp3) is 0.304. The van der Waals surface area contributed by atoms with Crippen molar-refractivity contribution in [1.29, 1.82) is 0 Å². The quantitative estimate of drug-likeness (QED) is 0.593. The first kappa shape index (κ1) is 21.1. The third-order valence-corrected chi connectivity index (χ3v) is 6.03. The van der Waals surface area contributed by atoms with Crippen LogP contribution in [-0.2, 0) is 34.2 Å². The number of nitrogens with zero attached hydrogens (tertiary/aromatic N) is 2. The highest BCUT2D eigenvalue weighted by atomic mass is 32.2. The minimum atomic E-state index is -3.42. The van der Waals surface area contributed by atoms with Gasteiger partial charge in [0.05, 0.1) is 37.1 Å². The Kier molecular flexibility index (Phi) is 6.08. The van der Waals surface area contributed by atoms with E-state index in [1.165, 1.54) is 11.3 Å². The van der Waals surface area contributed by atoms with E-state index >= 15 is 0 Å². The van der Waals surface area contributed by atoms with Crippen LogP contribution in [0.25, 0.3) is 0 Å². The van der Waals surface area contributed by atoms with Crippen molar-refractivity contribution in [3.8, 4) is 0 Å². The van der Waals surface area contributed by atoms with E-state index in [1.54, 1.807) is 24.3 Å². The molecule has 2 N–H and O–H groups in total. The van der Waals surface area contributed by atoms with Gasteiger partial charge in [0.25, 0.3) is 0 Å². The molecule has 162 valence electrons. The van der Waals surface area contributed by atoms with Crippen molar-refractivity contribution >= 4 is 21.6 Å². The number of para-hydroxylation sites is 1. The number of carbonyl (C=O) groups is 1. The van der Waals surface area contributed by atoms with Gasteiger partial charge < -0.3 is 5.32 Å². The molecular formula is C23H26N4O3S. The zero-order chi connectivity index (χ0) is 21.8.